The Bertz CT molecular complexity index is 834. The lowest BCUT2D eigenvalue weighted by molar-refractivity contribution is -0.123. The van der Waals surface area contributed by atoms with Crippen molar-refractivity contribution in [1.29, 1.82) is 0 Å². The van der Waals surface area contributed by atoms with Crippen molar-refractivity contribution in [3.05, 3.63) is 65.7 Å². The van der Waals surface area contributed by atoms with Crippen LogP contribution in [0.3, 0.4) is 0 Å². The molecule has 0 unspecified atom stereocenters. The van der Waals surface area contributed by atoms with Crippen LogP contribution in [0.5, 0.6) is 0 Å². The van der Waals surface area contributed by atoms with E-state index in [0.717, 1.165) is 11.1 Å². The second-order valence-corrected chi connectivity index (χ2v) is 5.97. The number of anilines is 1. The molecule has 120 valence electrons. The van der Waals surface area contributed by atoms with Gasteiger partial charge in [0.2, 0.25) is 0 Å². The van der Waals surface area contributed by atoms with Gasteiger partial charge in [0, 0.05) is 0 Å². The lowest BCUT2D eigenvalue weighted by Crippen LogP contribution is -2.39. The van der Waals surface area contributed by atoms with E-state index in [1.54, 1.807) is 29.3 Å². The van der Waals surface area contributed by atoms with Crippen molar-refractivity contribution in [1.82, 2.24) is 5.01 Å². The zero-order valence-corrected chi connectivity index (χ0v) is 13.2. The number of hydrogen-bond donors (Lipinski definition) is 0. The molecule has 0 saturated carbocycles. The van der Waals surface area contributed by atoms with Gasteiger partial charge in [0.15, 0.2) is 12.1 Å². The highest BCUT2D eigenvalue weighted by Gasteiger charge is 2.54. The third-order valence-corrected chi connectivity index (χ3v) is 4.47. The van der Waals surface area contributed by atoms with E-state index in [-0.39, 0.29) is 11.8 Å². The van der Waals surface area contributed by atoms with Gasteiger partial charge in [-0.2, -0.15) is 5.11 Å². The molecule has 4 rings (SSSR count). The first kappa shape index (κ1) is 14.6. The Balaban J connectivity index is 1.62. The summed E-state index contributed by atoms with van der Waals surface area (Å²) in [6, 6.07) is 15.5. The first-order chi connectivity index (χ1) is 11.7. The fourth-order valence-corrected chi connectivity index (χ4v) is 3.15. The summed E-state index contributed by atoms with van der Waals surface area (Å²) < 4.78 is 0. The standard InChI is InChI=1S/C18H16N4O2/c1-12-7-5-6-8-13(12)11-21-16-15(19-20-21)17(23)22(18(16)24)14-9-3-2-4-10-14/h2-10,15-16H,11H2,1H3/t15-,16-/m0/s1. The van der Waals surface area contributed by atoms with Gasteiger partial charge in [0.1, 0.15) is 0 Å². The average Bonchev–Trinajstić information content (AvgIpc) is 3.11. The molecule has 0 aromatic heterocycles. The lowest BCUT2D eigenvalue weighted by Gasteiger charge is -2.21. The number of benzene rings is 2. The molecule has 2 atom stereocenters. The van der Waals surface area contributed by atoms with Gasteiger partial charge in [-0.1, -0.05) is 47.7 Å². The molecule has 2 aromatic carbocycles. The molecule has 0 aliphatic carbocycles. The first-order valence-corrected chi connectivity index (χ1v) is 7.81. The number of imide groups is 1. The minimum Gasteiger partial charge on any atom is -0.271 e. The zero-order chi connectivity index (χ0) is 16.7. The smallest absolute Gasteiger partial charge is 0.263 e. The van der Waals surface area contributed by atoms with Crippen LogP contribution in [0.2, 0.25) is 0 Å². The molecule has 0 N–H and O–H groups in total. The maximum absolute atomic E-state index is 12.8. The van der Waals surface area contributed by atoms with Crippen molar-refractivity contribution >= 4 is 17.5 Å². The number of nitrogens with zero attached hydrogens (tertiary/aromatic N) is 4. The van der Waals surface area contributed by atoms with Crippen molar-refractivity contribution in [3.63, 3.8) is 0 Å². The molecule has 2 aromatic rings. The minimum atomic E-state index is -0.748. The molecule has 1 fully saturated rings. The van der Waals surface area contributed by atoms with Gasteiger partial charge in [-0.3, -0.25) is 14.6 Å². The zero-order valence-electron chi connectivity index (χ0n) is 13.2. The van der Waals surface area contributed by atoms with Crippen molar-refractivity contribution in [2.24, 2.45) is 10.3 Å². The highest BCUT2D eigenvalue weighted by atomic mass is 16.2. The van der Waals surface area contributed by atoms with Crippen LogP contribution in [0, 0.1) is 6.92 Å². The normalized spacial score (nSPS) is 22.4. The third-order valence-electron chi connectivity index (χ3n) is 4.47. The van der Waals surface area contributed by atoms with Gasteiger partial charge in [-0.05, 0) is 30.2 Å². The van der Waals surface area contributed by atoms with Crippen LogP contribution in [-0.4, -0.2) is 28.9 Å². The van der Waals surface area contributed by atoms with E-state index < -0.39 is 12.1 Å². The Morgan fingerprint density at radius 2 is 1.67 bits per heavy atom. The third kappa shape index (κ3) is 2.19. The average molecular weight is 320 g/mol. The van der Waals surface area contributed by atoms with Crippen LogP contribution in [0.1, 0.15) is 11.1 Å². The predicted octanol–water partition coefficient (Wildman–Crippen LogP) is 2.49. The summed E-state index contributed by atoms with van der Waals surface area (Å²) in [7, 11) is 0. The van der Waals surface area contributed by atoms with Crippen LogP contribution in [0.15, 0.2) is 64.9 Å². The molecule has 6 heteroatoms. The Morgan fingerprint density at radius 1 is 0.958 bits per heavy atom. The first-order valence-electron chi connectivity index (χ1n) is 7.81. The number of hydrogen-bond acceptors (Lipinski definition) is 5. The molecule has 2 aliphatic heterocycles. The number of para-hydroxylation sites is 1. The molecule has 0 bridgehead atoms. The molecule has 6 nitrogen and oxygen atoms in total. The number of carbonyl (C=O) groups is 2. The molecule has 2 heterocycles. The topological polar surface area (TPSA) is 65.3 Å². The maximum Gasteiger partial charge on any atom is 0.263 e. The molecular formula is C18H16N4O2. The highest BCUT2D eigenvalue weighted by Crippen LogP contribution is 2.32. The molecule has 2 amide bonds. The van der Waals surface area contributed by atoms with E-state index in [0.29, 0.717) is 12.2 Å². The highest BCUT2D eigenvalue weighted by molar-refractivity contribution is 6.25. The lowest BCUT2D eigenvalue weighted by atomic mass is 10.1. The van der Waals surface area contributed by atoms with Crippen LogP contribution in [0.25, 0.3) is 0 Å². The summed E-state index contributed by atoms with van der Waals surface area (Å²) in [6.45, 7) is 2.47. The van der Waals surface area contributed by atoms with E-state index >= 15 is 0 Å². The summed E-state index contributed by atoms with van der Waals surface area (Å²) in [5.74, 6) is -0.581. The number of fused-ring (bicyclic) bond motifs is 1. The summed E-state index contributed by atoms with van der Waals surface area (Å²) in [6.07, 6.45) is 0. The maximum atomic E-state index is 12.8. The molecule has 0 spiro atoms. The van der Waals surface area contributed by atoms with E-state index in [2.05, 4.69) is 10.3 Å². The Kier molecular flexibility index (Phi) is 3.37. The molecule has 0 radical (unpaired) electrons. The van der Waals surface area contributed by atoms with Crippen molar-refractivity contribution in [3.8, 4) is 0 Å². The summed E-state index contributed by atoms with van der Waals surface area (Å²) in [5, 5.41) is 9.75. The second-order valence-electron chi connectivity index (χ2n) is 5.97. The Labute approximate surface area is 139 Å². The van der Waals surface area contributed by atoms with Crippen LogP contribution >= 0.6 is 0 Å². The Hall–Kier alpha value is -3.02. The number of rotatable bonds is 3. The molecule has 24 heavy (non-hydrogen) atoms. The summed E-state index contributed by atoms with van der Waals surface area (Å²) in [5.41, 5.74) is 2.76. The quantitative estimate of drug-likeness (QED) is 0.816. The summed E-state index contributed by atoms with van der Waals surface area (Å²) in [4.78, 5) is 26.6. The summed E-state index contributed by atoms with van der Waals surface area (Å²) >= 11 is 0. The van der Waals surface area contributed by atoms with Gasteiger partial charge in [-0.15, -0.1) is 0 Å². The van der Waals surface area contributed by atoms with Crippen LogP contribution in [-0.2, 0) is 16.1 Å². The minimum absolute atomic E-state index is 0.269. The molecular weight excluding hydrogens is 304 g/mol. The van der Waals surface area contributed by atoms with Gasteiger partial charge >= 0.3 is 0 Å². The SMILES string of the molecule is Cc1ccccc1CN1N=N[C@@H]2C(=O)N(c3ccccc3)C(=O)[C@H]21. The number of carbonyl (C=O) groups excluding carboxylic acids is 2. The predicted molar refractivity (Wildman–Crippen MR) is 88.1 cm³/mol. The van der Waals surface area contributed by atoms with E-state index in [4.69, 9.17) is 0 Å². The second kappa shape index (κ2) is 5.56. The number of amides is 2. The van der Waals surface area contributed by atoms with E-state index in [1.165, 1.54) is 4.90 Å². The molecule has 1 saturated heterocycles. The van der Waals surface area contributed by atoms with E-state index in [9.17, 15) is 9.59 Å². The fraction of sp³-hybridized carbons (Fsp3) is 0.222. The largest absolute Gasteiger partial charge is 0.271 e. The van der Waals surface area contributed by atoms with Crippen LogP contribution < -0.4 is 4.90 Å². The monoisotopic (exact) mass is 320 g/mol. The molecule has 2 aliphatic rings. The fourth-order valence-electron chi connectivity index (χ4n) is 3.15. The van der Waals surface area contributed by atoms with Gasteiger partial charge in [-0.25, -0.2) is 4.90 Å². The van der Waals surface area contributed by atoms with Crippen molar-refractivity contribution in [2.75, 3.05) is 4.90 Å². The van der Waals surface area contributed by atoms with Gasteiger partial charge in [0.25, 0.3) is 11.8 Å². The number of aryl methyl sites for hydroxylation is 1. The van der Waals surface area contributed by atoms with E-state index in [1.807, 2.05) is 37.3 Å². The van der Waals surface area contributed by atoms with Crippen molar-refractivity contribution < 1.29 is 9.59 Å². The van der Waals surface area contributed by atoms with Gasteiger partial charge in [0.05, 0.1) is 12.2 Å². The Morgan fingerprint density at radius 3 is 2.42 bits per heavy atom. The van der Waals surface area contributed by atoms with Crippen LogP contribution in [0.4, 0.5) is 5.69 Å². The van der Waals surface area contributed by atoms with Crippen molar-refractivity contribution in [2.45, 2.75) is 25.6 Å². The van der Waals surface area contributed by atoms with Gasteiger partial charge < -0.3 is 0 Å².